The summed E-state index contributed by atoms with van der Waals surface area (Å²) in [7, 11) is 1.28. The number of carboxylic acid groups (broad SMARTS) is 1. The van der Waals surface area contributed by atoms with E-state index >= 15 is 0 Å². The van der Waals surface area contributed by atoms with Gasteiger partial charge in [0.15, 0.2) is 25.0 Å². The Morgan fingerprint density at radius 2 is 1.61 bits per heavy atom. The van der Waals surface area contributed by atoms with Crippen molar-refractivity contribution in [1.29, 1.82) is 0 Å². The Morgan fingerprint density at radius 3 is 2.22 bits per heavy atom. The predicted molar refractivity (Wildman–Crippen MR) is 157 cm³/mol. The van der Waals surface area contributed by atoms with Gasteiger partial charge in [-0.15, -0.1) is 0 Å². The number of aliphatic hydroxyl groups excluding tert-OH is 4. The number of ether oxygens (including phenoxy) is 6. The van der Waals surface area contributed by atoms with Gasteiger partial charge in [0.2, 0.25) is 5.91 Å². The lowest BCUT2D eigenvalue weighted by Gasteiger charge is -2.46. The minimum absolute atomic E-state index is 0.0745. The topological polar surface area (TPSA) is 220 Å². The normalized spacial score (nSPS) is 41.1. The second-order valence-corrected chi connectivity index (χ2v) is 13.1. The predicted octanol–water partition coefficient (Wildman–Crippen LogP) is 0.182. The average molecular weight is 662 g/mol. The monoisotopic (exact) mass is 661 g/mol. The molecule has 0 spiro atoms. The van der Waals surface area contributed by atoms with Crippen LogP contribution < -0.4 is 5.32 Å². The Balaban J connectivity index is 1.57. The number of esters is 1. The molecule has 2 saturated heterocycles. The number of rotatable bonds is 12. The molecule has 264 valence electrons. The van der Waals surface area contributed by atoms with E-state index in [1.165, 1.54) is 21.0 Å². The quantitative estimate of drug-likeness (QED) is 0.154. The smallest absolute Gasteiger partial charge is 0.332 e. The fraction of sp³-hybridized carbons (Fsp3) is 0.903. The number of aliphatic carboxylic acids is 1. The zero-order valence-corrected chi connectivity index (χ0v) is 26.9. The van der Waals surface area contributed by atoms with Crippen LogP contribution in [0.5, 0.6) is 0 Å². The maximum absolute atomic E-state index is 12.7. The molecule has 46 heavy (non-hydrogen) atoms. The van der Waals surface area contributed by atoms with Gasteiger partial charge in [-0.1, -0.05) is 45.4 Å². The summed E-state index contributed by atoms with van der Waals surface area (Å²) < 4.78 is 35.0. The lowest BCUT2D eigenvalue weighted by atomic mass is 9.76. The van der Waals surface area contributed by atoms with Crippen molar-refractivity contribution in [2.24, 2.45) is 17.8 Å². The van der Waals surface area contributed by atoms with Crippen molar-refractivity contribution < 1.29 is 68.3 Å². The van der Waals surface area contributed by atoms with Gasteiger partial charge in [0.05, 0.1) is 31.3 Å². The van der Waals surface area contributed by atoms with Crippen molar-refractivity contribution in [2.45, 2.75) is 152 Å². The molecule has 0 radical (unpaired) electrons. The van der Waals surface area contributed by atoms with E-state index in [1.807, 2.05) is 6.92 Å². The lowest BCUT2D eigenvalue weighted by molar-refractivity contribution is -0.327. The molecule has 2 heterocycles. The third kappa shape index (κ3) is 8.74. The first kappa shape index (κ1) is 36.9. The van der Waals surface area contributed by atoms with E-state index in [0.29, 0.717) is 12.8 Å². The minimum Gasteiger partial charge on any atom is -0.479 e. The van der Waals surface area contributed by atoms with E-state index in [1.54, 1.807) is 0 Å². The van der Waals surface area contributed by atoms with E-state index < -0.39 is 97.5 Å². The molecule has 4 rings (SSSR count). The minimum atomic E-state index is -1.66. The van der Waals surface area contributed by atoms with Crippen molar-refractivity contribution in [2.75, 3.05) is 7.11 Å². The number of nitrogens with one attached hydrogen (secondary N) is 1. The molecule has 0 aromatic heterocycles. The number of amides is 1. The Kier molecular flexibility index (Phi) is 13.2. The number of hydrogen-bond donors (Lipinski definition) is 6. The van der Waals surface area contributed by atoms with E-state index in [-0.39, 0.29) is 24.7 Å². The summed E-state index contributed by atoms with van der Waals surface area (Å²) in [5.41, 5.74) is 0. The molecular weight excluding hydrogens is 610 g/mol. The third-order valence-electron chi connectivity index (χ3n) is 9.84. The first-order valence-electron chi connectivity index (χ1n) is 16.4. The Morgan fingerprint density at radius 1 is 0.913 bits per heavy atom. The Bertz CT molecular complexity index is 1030. The summed E-state index contributed by atoms with van der Waals surface area (Å²) in [5.74, 6) is -2.94. The highest BCUT2D eigenvalue weighted by molar-refractivity contribution is 5.74. The van der Waals surface area contributed by atoms with Crippen molar-refractivity contribution in [1.82, 2.24) is 5.32 Å². The maximum atomic E-state index is 12.7. The molecule has 4 fully saturated rings. The molecule has 0 bridgehead atoms. The van der Waals surface area contributed by atoms with Crippen molar-refractivity contribution >= 4 is 17.8 Å². The summed E-state index contributed by atoms with van der Waals surface area (Å²) >= 11 is 0. The second-order valence-electron chi connectivity index (χ2n) is 13.1. The van der Waals surface area contributed by atoms with Gasteiger partial charge >= 0.3 is 11.9 Å². The molecule has 0 aromatic carbocycles. The number of carboxylic acids is 1. The molecule has 9 unspecified atom stereocenters. The zero-order chi connectivity index (χ0) is 33.7. The van der Waals surface area contributed by atoms with Crippen LogP contribution in [0.15, 0.2) is 0 Å². The summed E-state index contributed by atoms with van der Waals surface area (Å²) in [5, 5.41) is 54.8. The van der Waals surface area contributed by atoms with Crippen molar-refractivity contribution in [3.63, 3.8) is 0 Å². The van der Waals surface area contributed by atoms with Crippen LogP contribution in [0.2, 0.25) is 0 Å². The fourth-order valence-electron chi connectivity index (χ4n) is 7.27. The molecule has 0 aromatic rings. The fourth-order valence-corrected chi connectivity index (χ4v) is 7.27. The molecule has 6 N–H and O–H groups in total. The van der Waals surface area contributed by atoms with Crippen molar-refractivity contribution in [3.8, 4) is 0 Å². The van der Waals surface area contributed by atoms with Gasteiger partial charge in [-0.25, -0.2) is 4.79 Å². The highest BCUT2D eigenvalue weighted by atomic mass is 16.8. The Labute approximate surface area is 268 Å². The van der Waals surface area contributed by atoms with Gasteiger partial charge in [-0.2, -0.15) is 0 Å². The first-order valence-corrected chi connectivity index (χ1v) is 16.4. The highest BCUT2D eigenvalue weighted by Gasteiger charge is 2.52. The molecular formula is C31H51NO14. The first-order chi connectivity index (χ1) is 21.8. The molecule has 15 nitrogen and oxygen atoms in total. The van der Waals surface area contributed by atoms with Crippen LogP contribution >= 0.6 is 0 Å². The van der Waals surface area contributed by atoms with Crippen LogP contribution in [0.3, 0.4) is 0 Å². The molecule has 4 aliphatic rings. The average Bonchev–Trinajstić information content (AvgIpc) is 3.30. The zero-order valence-electron chi connectivity index (χ0n) is 26.9. The SMILES string of the molecule is CCC1CC(C(=O)OC)C[C@@H](O[C@@H]2O[C@H](O)C(OC(CC3CCCCC3)C(=O)O)C2NC(C)=O)C1OC1O[C@@H](C)C(O)C(O)[C@@H]1O. The van der Waals surface area contributed by atoms with Gasteiger partial charge < -0.3 is 59.3 Å². The lowest BCUT2D eigenvalue weighted by Crippen LogP contribution is -2.60. The van der Waals surface area contributed by atoms with E-state index in [0.717, 1.165) is 32.1 Å². The molecule has 1 amide bonds. The van der Waals surface area contributed by atoms with Crippen LogP contribution in [0.25, 0.3) is 0 Å². The standard InChI is InChI=1S/C31H51NO14/c1-5-17-12-18(28(39)41-4)13-19(25(17)45-31-24(36)23(35)22(34)14(2)42-31)44-30-21(32-15(3)33)26(29(40)46-30)43-20(27(37)38)11-16-9-7-6-8-10-16/h14,16-26,29-31,34-36,40H,5-13H2,1-4H3,(H,32,33)(H,37,38)/t14-,17?,18?,19+,20?,21?,22?,23?,24-,25?,26?,29-,30+,31?/m0/s1. The largest absolute Gasteiger partial charge is 0.479 e. The van der Waals surface area contributed by atoms with E-state index in [2.05, 4.69) is 5.32 Å². The van der Waals surface area contributed by atoms with Gasteiger partial charge in [0, 0.05) is 6.92 Å². The molecule has 2 saturated carbocycles. The number of aliphatic hydroxyl groups is 4. The molecule has 14 atom stereocenters. The van der Waals surface area contributed by atoms with Crippen LogP contribution in [-0.2, 0) is 42.8 Å². The van der Waals surface area contributed by atoms with Gasteiger partial charge in [0.1, 0.15) is 30.5 Å². The van der Waals surface area contributed by atoms with Crippen LogP contribution in [0.1, 0.15) is 78.6 Å². The summed E-state index contributed by atoms with van der Waals surface area (Å²) in [6.45, 7) is 4.67. The summed E-state index contributed by atoms with van der Waals surface area (Å²) in [6, 6.07) is -1.13. The Hall–Kier alpha value is -1.95. The molecule has 2 aliphatic heterocycles. The summed E-state index contributed by atoms with van der Waals surface area (Å²) in [4.78, 5) is 37.2. The molecule has 2 aliphatic carbocycles. The highest BCUT2D eigenvalue weighted by Crippen LogP contribution is 2.40. The number of carbonyl (C=O) groups excluding carboxylic acids is 2. The number of carbonyl (C=O) groups is 3. The third-order valence-corrected chi connectivity index (χ3v) is 9.84. The molecule has 15 heteroatoms. The summed E-state index contributed by atoms with van der Waals surface area (Å²) in [6.07, 6.45) is -7.92. The van der Waals surface area contributed by atoms with Gasteiger partial charge in [-0.05, 0) is 38.0 Å². The van der Waals surface area contributed by atoms with Crippen LogP contribution in [-0.4, -0.2) is 124 Å². The number of hydrogen-bond acceptors (Lipinski definition) is 13. The van der Waals surface area contributed by atoms with Crippen LogP contribution in [0, 0.1) is 17.8 Å². The van der Waals surface area contributed by atoms with Gasteiger partial charge in [-0.3, -0.25) is 9.59 Å². The maximum Gasteiger partial charge on any atom is 0.332 e. The van der Waals surface area contributed by atoms with E-state index in [9.17, 15) is 39.9 Å². The van der Waals surface area contributed by atoms with Crippen LogP contribution in [0.4, 0.5) is 0 Å². The second kappa shape index (κ2) is 16.4. The number of methoxy groups -OCH3 is 1. The van der Waals surface area contributed by atoms with E-state index in [4.69, 9.17) is 28.4 Å². The van der Waals surface area contributed by atoms with Crippen molar-refractivity contribution in [3.05, 3.63) is 0 Å². The van der Waals surface area contributed by atoms with Gasteiger partial charge in [0.25, 0.3) is 0 Å².